The van der Waals surface area contributed by atoms with Crippen molar-refractivity contribution in [3.63, 3.8) is 0 Å². The molecule has 5 heteroatoms. The Morgan fingerprint density at radius 2 is 1.90 bits per heavy atom. The van der Waals surface area contributed by atoms with Crippen molar-refractivity contribution in [3.8, 4) is 0 Å². The normalized spacial score (nSPS) is 25.8. The standard InChI is InChI=1S/C16H23N3O2/c1-21-15-8-4-13(5-9-15)18-12-2-6-14(7-3-12)19-11-10-17-16(19)20/h2-3,6-7,13,15,18H,4-5,8-11H2,1H3,(H,17,20). The second-order valence-electron chi connectivity index (χ2n) is 5.78. The molecule has 2 aliphatic rings. The van der Waals surface area contributed by atoms with Crippen LogP contribution < -0.4 is 15.5 Å². The minimum atomic E-state index is -0.00593. The molecule has 0 atom stereocenters. The topological polar surface area (TPSA) is 53.6 Å². The van der Waals surface area contributed by atoms with Gasteiger partial charge in [0.1, 0.15) is 0 Å². The van der Waals surface area contributed by atoms with E-state index in [-0.39, 0.29) is 6.03 Å². The molecular formula is C16H23N3O2. The van der Waals surface area contributed by atoms with Crippen molar-refractivity contribution >= 4 is 17.4 Å². The zero-order valence-corrected chi connectivity index (χ0v) is 12.5. The van der Waals surface area contributed by atoms with Crippen molar-refractivity contribution in [2.75, 3.05) is 30.4 Å². The number of nitrogens with zero attached hydrogens (tertiary/aromatic N) is 1. The van der Waals surface area contributed by atoms with Crippen molar-refractivity contribution < 1.29 is 9.53 Å². The summed E-state index contributed by atoms with van der Waals surface area (Å²) in [6.07, 6.45) is 4.98. The molecule has 2 amide bonds. The van der Waals surface area contributed by atoms with Crippen molar-refractivity contribution in [1.29, 1.82) is 0 Å². The number of carbonyl (C=O) groups is 1. The van der Waals surface area contributed by atoms with E-state index in [9.17, 15) is 4.79 Å². The maximum atomic E-state index is 11.6. The summed E-state index contributed by atoms with van der Waals surface area (Å²) in [6, 6.07) is 8.65. The number of carbonyl (C=O) groups excluding carboxylic acids is 1. The monoisotopic (exact) mass is 289 g/mol. The highest BCUT2D eigenvalue weighted by Crippen LogP contribution is 2.25. The molecule has 0 aromatic heterocycles. The Morgan fingerprint density at radius 1 is 1.19 bits per heavy atom. The van der Waals surface area contributed by atoms with E-state index < -0.39 is 0 Å². The molecule has 5 nitrogen and oxygen atoms in total. The first kappa shape index (κ1) is 14.2. The summed E-state index contributed by atoms with van der Waals surface area (Å²) in [5.74, 6) is 0. The van der Waals surface area contributed by atoms with Crippen LogP contribution in [0.5, 0.6) is 0 Å². The van der Waals surface area contributed by atoms with Crippen LogP contribution in [0.3, 0.4) is 0 Å². The van der Waals surface area contributed by atoms with E-state index in [4.69, 9.17) is 4.74 Å². The number of nitrogens with one attached hydrogen (secondary N) is 2. The van der Waals surface area contributed by atoms with E-state index in [0.29, 0.717) is 12.1 Å². The number of methoxy groups -OCH3 is 1. The van der Waals surface area contributed by atoms with Crippen LogP contribution in [0.15, 0.2) is 24.3 Å². The van der Waals surface area contributed by atoms with Gasteiger partial charge in [-0.05, 0) is 49.9 Å². The highest BCUT2D eigenvalue weighted by atomic mass is 16.5. The lowest BCUT2D eigenvalue weighted by Gasteiger charge is -2.29. The van der Waals surface area contributed by atoms with E-state index >= 15 is 0 Å². The predicted octanol–water partition coefficient (Wildman–Crippen LogP) is 2.59. The first-order chi connectivity index (χ1) is 10.3. The van der Waals surface area contributed by atoms with Crippen LogP contribution >= 0.6 is 0 Å². The Hall–Kier alpha value is -1.75. The molecule has 21 heavy (non-hydrogen) atoms. The lowest BCUT2D eigenvalue weighted by atomic mass is 9.93. The number of benzene rings is 1. The van der Waals surface area contributed by atoms with E-state index in [1.807, 2.05) is 12.1 Å². The fourth-order valence-corrected chi connectivity index (χ4v) is 3.13. The molecule has 1 aliphatic carbocycles. The lowest BCUT2D eigenvalue weighted by molar-refractivity contribution is 0.0682. The van der Waals surface area contributed by atoms with Crippen LogP contribution in [-0.4, -0.2) is 38.4 Å². The number of anilines is 2. The molecule has 1 saturated heterocycles. The first-order valence-corrected chi connectivity index (χ1v) is 7.71. The number of hydrogen-bond donors (Lipinski definition) is 2. The predicted molar refractivity (Wildman–Crippen MR) is 83.9 cm³/mol. The first-order valence-electron chi connectivity index (χ1n) is 7.71. The summed E-state index contributed by atoms with van der Waals surface area (Å²) in [5.41, 5.74) is 2.08. The third-order valence-corrected chi connectivity index (χ3v) is 4.41. The molecule has 1 saturated carbocycles. The van der Waals surface area contributed by atoms with Gasteiger partial charge in [-0.3, -0.25) is 4.90 Å². The molecule has 1 aromatic carbocycles. The molecule has 114 valence electrons. The molecule has 1 aromatic rings. The van der Waals surface area contributed by atoms with Crippen LogP contribution in [0.1, 0.15) is 25.7 Å². The van der Waals surface area contributed by atoms with Crippen LogP contribution in [0.2, 0.25) is 0 Å². The van der Waals surface area contributed by atoms with Gasteiger partial charge >= 0.3 is 6.03 Å². The summed E-state index contributed by atoms with van der Waals surface area (Å²) in [7, 11) is 1.80. The summed E-state index contributed by atoms with van der Waals surface area (Å²) in [4.78, 5) is 13.4. The van der Waals surface area contributed by atoms with Gasteiger partial charge in [0.2, 0.25) is 0 Å². The third kappa shape index (κ3) is 3.29. The van der Waals surface area contributed by atoms with Gasteiger partial charge in [0.15, 0.2) is 0 Å². The molecule has 2 N–H and O–H groups in total. The van der Waals surface area contributed by atoms with Gasteiger partial charge < -0.3 is 15.4 Å². The van der Waals surface area contributed by atoms with E-state index in [2.05, 4.69) is 22.8 Å². The fourth-order valence-electron chi connectivity index (χ4n) is 3.13. The third-order valence-electron chi connectivity index (χ3n) is 4.41. The highest BCUT2D eigenvalue weighted by Gasteiger charge is 2.22. The summed E-state index contributed by atoms with van der Waals surface area (Å²) < 4.78 is 5.40. The molecule has 0 radical (unpaired) electrons. The van der Waals surface area contributed by atoms with Crippen molar-refractivity contribution in [1.82, 2.24) is 5.32 Å². The molecule has 0 unspecified atom stereocenters. The smallest absolute Gasteiger partial charge is 0.321 e. The lowest BCUT2D eigenvalue weighted by Crippen LogP contribution is -2.29. The summed E-state index contributed by atoms with van der Waals surface area (Å²) in [6.45, 7) is 1.47. The molecular weight excluding hydrogens is 266 g/mol. The van der Waals surface area contributed by atoms with Crippen LogP contribution in [0.4, 0.5) is 16.2 Å². The molecule has 2 fully saturated rings. The largest absolute Gasteiger partial charge is 0.382 e. The summed E-state index contributed by atoms with van der Waals surface area (Å²) in [5, 5.41) is 6.40. The number of hydrogen-bond acceptors (Lipinski definition) is 3. The fraction of sp³-hybridized carbons (Fsp3) is 0.562. The van der Waals surface area contributed by atoms with Gasteiger partial charge in [0, 0.05) is 37.6 Å². The van der Waals surface area contributed by atoms with Crippen LogP contribution in [-0.2, 0) is 4.74 Å². The van der Waals surface area contributed by atoms with Crippen molar-refractivity contribution in [2.24, 2.45) is 0 Å². The van der Waals surface area contributed by atoms with Gasteiger partial charge in [0.05, 0.1) is 6.10 Å². The Balaban J connectivity index is 1.56. The minimum absolute atomic E-state index is 0.00593. The van der Waals surface area contributed by atoms with E-state index in [1.165, 1.54) is 0 Å². The average molecular weight is 289 g/mol. The second-order valence-corrected chi connectivity index (χ2v) is 5.78. The van der Waals surface area contributed by atoms with E-state index in [1.54, 1.807) is 12.0 Å². The van der Waals surface area contributed by atoms with Gasteiger partial charge in [-0.15, -0.1) is 0 Å². The molecule has 0 spiro atoms. The van der Waals surface area contributed by atoms with E-state index in [0.717, 1.165) is 50.1 Å². The maximum Gasteiger partial charge on any atom is 0.321 e. The van der Waals surface area contributed by atoms with Gasteiger partial charge in [0.25, 0.3) is 0 Å². The second kappa shape index (κ2) is 6.35. The minimum Gasteiger partial charge on any atom is -0.382 e. The van der Waals surface area contributed by atoms with Crippen LogP contribution in [0.25, 0.3) is 0 Å². The van der Waals surface area contributed by atoms with Gasteiger partial charge in [-0.1, -0.05) is 0 Å². The number of ether oxygens (including phenoxy) is 1. The summed E-state index contributed by atoms with van der Waals surface area (Å²) >= 11 is 0. The van der Waals surface area contributed by atoms with Crippen molar-refractivity contribution in [3.05, 3.63) is 24.3 Å². The Morgan fingerprint density at radius 3 is 2.48 bits per heavy atom. The SMILES string of the molecule is COC1CCC(Nc2ccc(N3CCNC3=O)cc2)CC1. The van der Waals surface area contributed by atoms with Gasteiger partial charge in [-0.2, -0.15) is 0 Å². The number of rotatable bonds is 4. The number of amides is 2. The molecule has 1 heterocycles. The molecule has 3 rings (SSSR count). The number of urea groups is 1. The zero-order chi connectivity index (χ0) is 14.7. The quantitative estimate of drug-likeness (QED) is 0.896. The van der Waals surface area contributed by atoms with Gasteiger partial charge in [-0.25, -0.2) is 4.79 Å². The Bertz CT molecular complexity index is 481. The van der Waals surface area contributed by atoms with Crippen LogP contribution in [0, 0.1) is 0 Å². The molecule has 1 aliphatic heterocycles. The van der Waals surface area contributed by atoms with Crippen molar-refractivity contribution in [2.45, 2.75) is 37.8 Å². The Labute approximate surface area is 125 Å². The Kier molecular flexibility index (Phi) is 4.29. The average Bonchev–Trinajstić information content (AvgIpc) is 2.95. The maximum absolute atomic E-state index is 11.6. The highest BCUT2D eigenvalue weighted by molar-refractivity contribution is 5.94. The molecule has 0 bridgehead atoms. The zero-order valence-electron chi connectivity index (χ0n) is 12.5.